The molecule has 0 spiro atoms. The minimum absolute atomic E-state index is 0.406. The van der Waals surface area contributed by atoms with Gasteiger partial charge in [-0.25, -0.2) is 0 Å². The molecule has 1 atom stereocenters. The molecule has 2 aliphatic heterocycles. The van der Waals surface area contributed by atoms with Crippen molar-refractivity contribution in [3.05, 3.63) is 47.1 Å². The summed E-state index contributed by atoms with van der Waals surface area (Å²) >= 11 is 8.18. The molecule has 0 bridgehead atoms. The maximum atomic E-state index is 6.32. The van der Waals surface area contributed by atoms with Crippen LogP contribution in [0.1, 0.15) is 18.5 Å². The summed E-state index contributed by atoms with van der Waals surface area (Å²) in [5, 5.41) is 2.16. The Morgan fingerprint density at radius 2 is 2.00 bits per heavy atom. The number of hydrogen-bond donors (Lipinski definition) is 0. The van der Waals surface area contributed by atoms with E-state index in [-0.39, 0.29) is 0 Å². The number of piperazine rings is 1. The summed E-state index contributed by atoms with van der Waals surface area (Å²) in [5.74, 6) is 0. The van der Waals surface area contributed by atoms with Crippen LogP contribution in [0.4, 0.5) is 0 Å². The normalized spacial score (nSPS) is 22.4. The number of benzene rings is 1. The van der Waals surface area contributed by atoms with Crippen LogP contribution < -0.4 is 0 Å². The predicted molar refractivity (Wildman–Crippen MR) is 96.4 cm³/mol. The lowest BCUT2D eigenvalue weighted by atomic mass is 10.0. The van der Waals surface area contributed by atoms with Crippen molar-refractivity contribution in [3.63, 3.8) is 0 Å². The second-order valence-corrected chi connectivity index (χ2v) is 7.77. The third-order valence-corrected chi connectivity index (χ3v) is 6.40. The molecular weight excluding hydrogens is 326 g/mol. The molecule has 2 aromatic rings. The third kappa shape index (κ3) is 3.05. The molecular formula is C18H22ClN3S. The SMILES string of the molecule is CCN1CCN(C2Cn3cccc3Sc3ccc(Cl)cc32)CC1. The molecule has 0 radical (unpaired) electrons. The lowest BCUT2D eigenvalue weighted by Crippen LogP contribution is -2.48. The van der Waals surface area contributed by atoms with Crippen LogP contribution in [0.2, 0.25) is 5.02 Å². The van der Waals surface area contributed by atoms with E-state index in [4.69, 9.17) is 11.6 Å². The zero-order chi connectivity index (χ0) is 15.8. The van der Waals surface area contributed by atoms with Gasteiger partial charge in [-0.3, -0.25) is 4.90 Å². The summed E-state index contributed by atoms with van der Waals surface area (Å²) in [6.45, 7) is 8.99. The van der Waals surface area contributed by atoms with Crippen LogP contribution in [0.15, 0.2) is 46.5 Å². The number of fused-ring (bicyclic) bond motifs is 2. The number of likely N-dealkylation sites (N-methyl/N-ethyl adjacent to an activating group) is 1. The van der Waals surface area contributed by atoms with Crippen LogP contribution in [-0.4, -0.2) is 47.1 Å². The standard InChI is InChI=1S/C18H22ClN3S/c1-2-20-8-10-21(11-9-20)16-13-22-7-3-4-18(22)23-17-6-5-14(19)12-15(16)17/h3-7,12,16H,2,8-11,13H2,1H3. The molecule has 1 saturated heterocycles. The molecule has 3 nitrogen and oxygen atoms in total. The van der Waals surface area contributed by atoms with Gasteiger partial charge in [0.2, 0.25) is 0 Å². The van der Waals surface area contributed by atoms with Crippen molar-refractivity contribution in [2.45, 2.75) is 29.4 Å². The quantitative estimate of drug-likeness (QED) is 0.814. The predicted octanol–water partition coefficient (Wildman–Crippen LogP) is 3.98. The number of halogens is 1. The highest BCUT2D eigenvalue weighted by Gasteiger charge is 2.29. The molecule has 1 fully saturated rings. The number of hydrogen-bond acceptors (Lipinski definition) is 3. The minimum Gasteiger partial charge on any atom is -0.341 e. The molecule has 0 saturated carbocycles. The summed E-state index contributed by atoms with van der Waals surface area (Å²) in [7, 11) is 0. The Morgan fingerprint density at radius 3 is 2.78 bits per heavy atom. The largest absolute Gasteiger partial charge is 0.341 e. The topological polar surface area (TPSA) is 11.4 Å². The number of rotatable bonds is 2. The molecule has 2 aliphatic rings. The van der Waals surface area contributed by atoms with E-state index in [1.807, 2.05) is 17.8 Å². The fourth-order valence-electron chi connectivity index (χ4n) is 3.62. The van der Waals surface area contributed by atoms with E-state index in [1.165, 1.54) is 15.5 Å². The van der Waals surface area contributed by atoms with Crippen LogP contribution in [-0.2, 0) is 6.54 Å². The average Bonchev–Trinajstić information content (AvgIpc) is 2.95. The Hall–Kier alpha value is -0.940. The van der Waals surface area contributed by atoms with Gasteiger partial charge in [-0.15, -0.1) is 0 Å². The fourth-order valence-corrected chi connectivity index (χ4v) is 4.87. The molecule has 0 N–H and O–H groups in total. The maximum absolute atomic E-state index is 6.32. The zero-order valence-corrected chi connectivity index (χ0v) is 15.0. The van der Waals surface area contributed by atoms with Gasteiger partial charge in [-0.1, -0.05) is 30.3 Å². The van der Waals surface area contributed by atoms with Crippen LogP contribution in [0, 0.1) is 0 Å². The van der Waals surface area contributed by atoms with Crippen LogP contribution in [0.3, 0.4) is 0 Å². The Balaban J connectivity index is 1.69. The van der Waals surface area contributed by atoms with Crippen LogP contribution in [0.25, 0.3) is 0 Å². The zero-order valence-electron chi connectivity index (χ0n) is 13.4. The molecule has 5 heteroatoms. The Bertz CT molecular complexity index is 691. The first-order valence-electron chi connectivity index (χ1n) is 8.33. The monoisotopic (exact) mass is 347 g/mol. The minimum atomic E-state index is 0.406. The first-order chi connectivity index (χ1) is 11.2. The molecule has 0 aliphatic carbocycles. The smallest absolute Gasteiger partial charge is 0.0797 e. The van der Waals surface area contributed by atoms with E-state index in [2.05, 4.69) is 51.8 Å². The highest BCUT2D eigenvalue weighted by atomic mass is 35.5. The van der Waals surface area contributed by atoms with E-state index < -0.39 is 0 Å². The van der Waals surface area contributed by atoms with Gasteiger partial charge >= 0.3 is 0 Å². The van der Waals surface area contributed by atoms with Crippen LogP contribution >= 0.6 is 23.4 Å². The summed E-state index contributed by atoms with van der Waals surface area (Å²) < 4.78 is 2.38. The Kier molecular flexibility index (Phi) is 4.41. The summed E-state index contributed by atoms with van der Waals surface area (Å²) in [6, 6.07) is 11.1. The molecule has 1 aromatic heterocycles. The fraction of sp³-hybridized carbons (Fsp3) is 0.444. The van der Waals surface area contributed by atoms with E-state index in [0.29, 0.717) is 6.04 Å². The summed E-state index contributed by atoms with van der Waals surface area (Å²) in [4.78, 5) is 6.51. The van der Waals surface area contributed by atoms with Gasteiger partial charge in [-0.2, -0.15) is 0 Å². The average molecular weight is 348 g/mol. The molecule has 3 heterocycles. The van der Waals surface area contributed by atoms with E-state index >= 15 is 0 Å². The molecule has 4 rings (SSSR count). The summed E-state index contributed by atoms with van der Waals surface area (Å²) in [5.41, 5.74) is 1.39. The van der Waals surface area contributed by atoms with Crippen molar-refractivity contribution in [2.75, 3.05) is 32.7 Å². The highest BCUT2D eigenvalue weighted by Crippen LogP contribution is 2.41. The van der Waals surface area contributed by atoms with Gasteiger partial charge in [-0.05, 0) is 42.4 Å². The lowest BCUT2D eigenvalue weighted by Gasteiger charge is -2.39. The summed E-state index contributed by atoms with van der Waals surface area (Å²) in [6.07, 6.45) is 2.20. The van der Waals surface area contributed by atoms with Crippen molar-refractivity contribution in [1.29, 1.82) is 0 Å². The van der Waals surface area contributed by atoms with Gasteiger partial charge in [0.1, 0.15) is 0 Å². The lowest BCUT2D eigenvalue weighted by molar-refractivity contribution is 0.0895. The number of nitrogens with zero attached hydrogens (tertiary/aromatic N) is 3. The first-order valence-corrected chi connectivity index (χ1v) is 9.53. The van der Waals surface area contributed by atoms with Gasteiger partial charge in [0.15, 0.2) is 0 Å². The maximum Gasteiger partial charge on any atom is 0.0797 e. The van der Waals surface area contributed by atoms with Gasteiger partial charge in [0.25, 0.3) is 0 Å². The van der Waals surface area contributed by atoms with Gasteiger partial charge in [0.05, 0.1) is 11.1 Å². The van der Waals surface area contributed by atoms with Crippen molar-refractivity contribution >= 4 is 23.4 Å². The highest BCUT2D eigenvalue weighted by molar-refractivity contribution is 7.99. The first kappa shape index (κ1) is 15.6. The Morgan fingerprint density at radius 1 is 1.17 bits per heavy atom. The van der Waals surface area contributed by atoms with E-state index in [9.17, 15) is 0 Å². The molecule has 1 unspecified atom stereocenters. The second-order valence-electron chi connectivity index (χ2n) is 6.27. The van der Waals surface area contributed by atoms with Crippen LogP contribution in [0.5, 0.6) is 0 Å². The van der Waals surface area contributed by atoms with Crippen molar-refractivity contribution < 1.29 is 0 Å². The molecule has 1 aromatic carbocycles. The molecule has 122 valence electrons. The molecule has 23 heavy (non-hydrogen) atoms. The Labute approximate surface area is 147 Å². The molecule has 0 amide bonds. The van der Waals surface area contributed by atoms with Crippen molar-refractivity contribution in [1.82, 2.24) is 14.4 Å². The third-order valence-electron chi connectivity index (χ3n) is 5.00. The number of aromatic nitrogens is 1. The van der Waals surface area contributed by atoms with Gasteiger partial charge < -0.3 is 9.47 Å². The van der Waals surface area contributed by atoms with Crippen molar-refractivity contribution in [3.8, 4) is 0 Å². The van der Waals surface area contributed by atoms with E-state index in [1.54, 1.807) is 0 Å². The van der Waals surface area contributed by atoms with E-state index in [0.717, 1.165) is 44.3 Å². The second kappa shape index (κ2) is 6.52. The van der Waals surface area contributed by atoms with Crippen molar-refractivity contribution in [2.24, 2.45) is 0 Å². The van der Waals surface area contributed by atoms with Gasteiger partial charge in [0, 0.05) is 48.8 Å².